The Bertz CT molecular complexity index is 412. The summed E-state index contributed by atoms with van der Waals surface area (Å²) in [6, 6.07) is 2.32. The van der Waals surface area contributed by atoms with Crippen molar-refractivity contribution < 1.29 is 4.74 Å². The van der Waals surface area contributed by atoms with Crippen molar-refractivity contribution >= 4 is 5.82 Å². The molecule has 1 aromatic rings. The van der Waals surface area contributed by atoms with Crippen LogP contribution in [0.25, 0.3) is 0 Å². The Morgan fingerprint density at radius 1 is 1.53 bits per heavy atom. The van der Waals surface area contributed by atoms with Gasteiger partial charge in [-0.1, -0.05) is 6.92 Å². The summed E-state index contributed by atoms with van der Waals surface area (Å²) in [7, 11) is 0. The lowest BCUT2D eigenvalue weighted by molar-refractivity contribution is 0.0296. The fourth-order valence-electron chi connectivity index (χ4n) is 1.99. The quantitative estimate of drug-likeness (QED) is 0.770. The standard InChI is InChI=1S/C12H16N4O/c1-3-11-8-17-9(2)7-16(11)12-6-14-10(4-13)5-15-12/h5-6,9,11H,3,7-8H2,1-2H3. The lowest BCUT2D eigenvalue weighted by atomic mass is 10.1. The smallest absolute Gasteiger partial charge is 0.158 e. The molecule has 90 valence electrons. The highest BCUT2D eigenvalue weighted by Gasteiger charge is 2.26. The third-order valence-corrected chi connectivity index (χ3v) is 2.99. The van der Waals surface area contributed by atoms with E-state index in [0.717, 1.165) is 25.4 Å². The molecule has 0 amide bonds. The van der Waals surface area contributed by atoms with Crippen LogP contribution < -0.4 is 4.90 Å². The third kappa shape index (κ3) is 2.53. The van der Waals surface area contributed by atoms with Crippen molar-refractivity contribution in [2.45, 2.75) is 32.4 Å². The molecule has 1 saturated heterocycles. The number of hydrogen-bond donors (Lipinski definition) is 0. The molecule has 1 aliphatic rings. The minimum absolute atomic E-state index is 0.204. The topological polar surface area (TPSA) is 62.0 Å². The van der Waals surface area contributed by atoms with Gasteiger partial charge < -0.3 is 9.64 Å². The number of morpholine rings is 1. The first-order valence-electron chi connectivity index (χ1n) is 5.85. The van der Waals surface area contributed by atoms with E-state index in [1.54, 1.807) is 6.20 Å². The minimum Gasteiger partial charge on any atom is -0.375 e. The highest BCUT2D eigenvalue weighted by atomic mass is 16.5. The zero-order valence-corrected chi connectivity index (χ0v) is 10.1. The van der Waals surface area contributed by atoms with Crippen molar-refractivity contribution in [2.24, 2.45) is 0 Å². The second kappa shape index (κ2) is 5.11. The van der Waals surface area contributed by atoms with Gasteiger partial charge >= 0.3 is 0 Å². The van der Waals surface area contributed by atoms with Gasteiger partial charge in [0, 0.05) is 6.54 Å². The van der Waals surface area contributed by atoms with E-state index < -0.39 is 0 Å². The van der Waals surface area contributed by atoms with Gasteiger partial charge in [-0.3, -0.25) is 0 Å². The van der Waals surface area contributed by atoms with Crippen molar-refractivity contribution in [1.82, 2.24) is 9.97 Å². The lowest BCUT2D eigenvalue weighted by Crippen LogP contribution is -2.49. The summed E-state index contributed by atoms with van der Waals surface area (Å²) in [6.07, 6.45) is 4.39. The van der Waals surface area contributed by atoms with Crippen molar-refractivity contribution in [3.63, 3.8) is 0 Å². The van der Waals surface area contributed by atoms with Gasteiger partial charge in [0.15, 0.2) is 5.69 Å². The monoisotopic (exact) mass is 232 g/mol. The van der Waals surface area contributed by atoms with Gasteiger partial charge in [0.05, 0.1) is 31.1 Å². The Balaban J connectivity index is 2.20. The molecule has 0 radical (unpaired) electrons. The number of rotatable bonds is 2. The molecule has 2 unspecified atom stereocenters. The Morgan fingerprint density at radius 2 is 2.35 bits per heavy atom. The molecule has 5 nitrogen and oxygen atoms in total. The highest BCUT2D eigenvalue weighted by Crippen LogP contribution is 2.20. The fraction of sp³-hybridized carbons (Fsp3) is 0.583. The first-order valence-corrected chi connectivity index (χ1v) is 5.85. The Morgan fingerprint density at radius 3 is 2.94 bits per heavy atom. The van der Waals surface area contributed by atoms with Crippen LogP contribution in [-0.2, 0) is 4.74 Å². The van der Waals surface area contributed by atoms with Crippen molar-refractivity contribution in [3.8, 4) is 6.07 Å². The highest BCUT2D eigenvalue weighted by molar-refractivity contribution is 5.39. The molecule has 0 aromatic carbocycles. The van der Waals surface area contributed by atoms with Crippen LogP contribution in [0.4, 0.5) is 5.82 Å². The van der Waals surface area contributed by atoms with Crippen LogP contribution in [0.2, 0.25) is 0 Å². The summed E-state index contributed by atoms with van der Waals surface area (Å²) in [4.78, 5) is 10.6. The molecule has 1 aliphatic heterocycles. The maximum absolute atomic E-state index is 8.69. The maximum atomic E-state index is 8.69. The number of ether oxygens (including phenoxy) is 1. The largest absolute Gasteiger partial charge is 0.375 e. The molecule has 2 heterocycles. The third-order valence-electron chi connectivity index (χ3n) is 2.99. The molecule has 0 saturated carbocycles. The average Bonchev–Trinajstić information content (AvgIpc) is 2.39. The predicted molar refractivity (Wildman–Crippen MR) is 63.6 cm³/mol. The van der Waals surface area contributed by atoms with E-state index in [1.165, 1.54) is 6.20 Å². The predicted octanol–water partition coefficient (Wildman–Crippen LogP) is 1.35. The molecule has 0 spiro atoms. The van der Waals surface area contributed by atoms with Gasteiger partial charge in [-0.05, 0) is 13.3 Å². The molecule has 0 bridgehead atoms. The van der Waals surface area contributed by atoms with Gasteiger partial charge in [-0.2, -0.15) is 5.26 Å². The summed E-state index contributed by atoms with van der Waals surface area (Å²) in [5.74, 6) is 0.825. The molecule has 1 fully saturated rings. The van der Waals surface area contributed by atoms with Crippen LogP contribution in [0.15, 0.2) is 12.4 Å². The van der Waals surface area contributed by atoms with Gasteiger partial charge in [0.1, 0.15) is 11.9 Å². The number of nitrogens with zero attached hydrogens (tertiary/aromatic N) is 4. The van der Waals surface area contributed by atoms with E-state index >= 15 is 0 Å². The van der Waals surface area contributed by atoms with Crippen LogP contribution in [0.3, 0.4) is 0 Å². The Hall–Kier alpha value is -1.67. The van der Waals surface area contributed by atoms with Crippen molar-refractivity contribution in [2.75, 3.05) is 18.1 Å². The van der Waals surface area contributed by atoms with Gasteiger partial charge in [-0.15, -0.1) is 0 Å². The fourth-order valence-corrected chi connectivity index (χ4v) is 1.99. The molecule has 0 N–H and O–H groups in total. The summed E-state index contributed by atoms with van der Waals surface area (Å²) in [5, 5.41) is 8.69. The zero-order valence-electron chi connectivity index (χ0n) is 10.1. The SMILES string of the molecule is CCC1COC(C)CN1c1cnc(C#N)cn1. The first-order chi connectivity index (χ1) is 8.24. The van der Waals surface area contributed by atoms with Crippen LogP contribution in [0.1, 0.15) is 26.0 Å². The Labute approximate surface area is 101 Å². The number of nitriles is 1. The van der Waals surface area contributed by atoms with Crippen molar-refractivity contribution in [1.29, 1.82) is 5.26 Å². The molecule has 2 rings (SSSR count). The van der Waals surface area contributed by atoms with Crippen LogP contribution in [-0.4, -0.2) is 35.3 Å². The molecular weight excluding hydrogens is 216 g/mol. The normalized spacial score (nSPS) is 24.4. The second-order valence-corrected chi connectivity index (χ2v) is 4.23. The van der Waals surface area contributed by atoms with Gasteiger partial charge in [0.25, 0.3) is 0 Å². The lowest BCUT2D eigenvalue weighted by Gasteiger charge is -2.38. The van der Waals surface area contributed by atoms with E-state index in [4.69, 9.17) is 10.00 Å². The maximum Gasteiger partial charge on any atom is 0.158 e. The zero-order chi connectivity index (χ0) is 12.3. The minimum atomic E-state index is 0.204. The number of anilines is 1. The van der Waals surface area contributed by atoms with Crippen LogP contribution >= 0.6 is 0 Å². The van der Waals surface area contributed by atoms with Crippen molar-refractivity contribution in [3.05, 3.63) is 18.1 Å². The summed E-state index contributed by atoms with van der Waals surface area (Å²) < 4.78 is 5.64. The second-order valence-electron chi connectivity index (χ2n) is 4.23. The Kier molecular flexibility index (Phi) is 3.55. The molecule has 0 aliphatic carbocycles. The van der Waals surface area contributed by atoms with Crippen LogP contribution in [0.5, 0.6) is 0 Å². The first kappa shape index (κ1) is 11.8. The number of aromatic nitrogens is 2. The van der Waals surface area contributed by atoms with Gasteiger partial charge in [0.2, 0.25) is 0 Å². The number of hydrogen-bond acceptors (Lipinski definition) is 5. The van der Waals surface area contributed by atoms with E-state index in [-0.39, 0.29) is 6.10 Å². The summed E-state index contributed by atoms with van der Waals surface area (Å²) in [6.45, 7) is 5.72. The van der Waals surface area contributed by atoms with E-state index in [0.29, 0.717) is 11.7 Å². The van der Waals surface area contributed by atoms with Gasteiger partial charge in [-0.25, -0.2) is 9.97 Å². The molecule has 2 atom stereocenters. The summed E-state index contributed by atoms with van der Waals surface area (Å²) in [5.41, 5.74) is 0.350. The molecular formula is C12H16N4O. The van der Waals surface area contributed by atoms with E-state index in [1.807, 2.05) is 6.07 Å². The van der Waals surface area contributed by atoms with Crippen LogP contribution in [0, 0.1) is 11.3 Å². The molecule has 17 heavy (non-hydrogen) atoms. The average molecular weight is 232 g/mol. The van der Waals surface area contributed by atoms with E-state index in [9.17, 15) is 0 Å². The van der Waals surface area contributed by atoms with E-state index in [2.05, 4.69) is 28.7 Å². The molecule has 5 heteroatoms. The summed E-state index contributed by atoms with van der Waals surface area (Å²) >= 11 is 0. The molecule has 1 aromatic heterocycles.